The molecule has 1 N–H and O–H groups in total. The van der Waals surface area contributed by atoms with Crippen LogP contribution in [-0.4, -0.2) is 18.2 Å². The van der Waals surface area contributed by atoms with Crippen molar-refractivity contribution in [2.24, 2.45) is 22.4 Å². The Labute approximate surface area is 138 Å². The Bertz CT molecular complexity index is 608. The molecule has 4 nitrogen and oxygen atoms in total. The van der Waals surface area contributed by atoms with Gasteiger partial charge in [0.05, 0.1) is 12.3 Å². The minimum Gasteiger partial charge on any atom is -0.494 e. The van der Waals surface area contributed by atoms with E-state index in [4.69, 9.17) is 4.74 Å². The summed E-state index contributed by atoms with van der Waals surface area (Å²) < 4.78 is 5.43. The molecule has 0 bridgehead atoms. The maximum atomic E-state index is 12.4. The van der Waals surface area contributed by atoms with Crippen LogP contribution in [0.15, 0.2) is 29.4 Å². The van der Waals surface area contributed by atoms with Gasteiger partial charge in [-0.1, -0.05) is 19.8 Å². The lowest BCUT2D eigenvalue weighted by Crippen LogP contribution is -2.23. The van der Waals surface area contributed by atoms with Crippen molar-refractivity contribution >= 4 is 11.6 Å². The number of fused-ring (bicyclic) bond motifs is 1. The van der Waals surface area contributed by atoms with Crippen LogP contribution in [0.4, 0.5) is 0 Å². The Morgan fingerprint density at radius 1 is 1.35 bits per heavy atom. The molecule has 124 valence electrons. The third-order valence-corrected chi connectivity index (χ3v) is 5.53. The zero-order chi connectivity index (χ0) is 16.4. The minimum absolute atomic E-state index is 0.0877. The molecular formula is C19H26N2O2. The largest absolute Gasteiger partial charge is 0.494 e. The highest BCUT2D eigenvalue weighted by molar-refractivity contribution is 5.99. The first kappa shape index (κ1) is 16.0. The number of rotatable bonds is 5. The molecule has 2 aliphatic carbocycles. The van der Waals surface area contributed by atoms with Crippen LogP contribution in [0.5, 0.6) is 5.75 Å². The quantitative estimate of drug-likeness (QED) is 0.664. The molecule has 1 amide bonds. The van der Waals surface area contributed by atoms with Crippen LogP contribution in [0.1, 0.15) is 52.0 Å². The molecule has 2 aliphatic rings. The van der Waals surface area contributed by atoms with E-state index in [9.17, 15) is 4.79 Å². The van der Waals surface area contributed by atoms with Gasteiger partial charge in [0, 0.05) is 5.92 Å². The molecule has 0 unspecified atom stereocenters. The number of ether oxygens (including phenoxy) is 1. The first-order valence-electron chi connectivity index (χ1n) is 8.63. The summed E-state index contributed by atoms with van der Waals surface area (Å²) in [5, 5.41) is 4.30. The monoisotopic (exact) mass is 314 g/mol. The first-order valence-corrected chi connectivity index (χ1v) is 8.63. The predicted molar refractivity (Wildman–Crippen MR) is 91.5 cm³/mol. The number of hydrogen-bond acceptors (Lipinski definition) is 3. The van der Waals surface area contributed by atoms with E-state index in [2.05, 4.69) is 17.5 Å². The predicted octanol–water partition coefficient (Wildman–Crippen LogP) is 3.75. The van der Waals surface area contributed by atoms with Gasteiger partial charge in [0.15, 0.2) is 0 Å². The molecule has 0 spiro atoms. The van der Waals surface area contributed by atoms with Crippen molar-refractivity contribution in [3.05, 3.63) is 29.8 Å². The van der Waals surface area contributed by atoms with E-state index in [0.29, 0.717) is 12.5 Å². The van der Waals surface area contributed by atoms with E-state index < -0.39 is 0 Å². The lowest BCUT2D eigenvalue weighted by Gasteiger charge is -2.15. The lowest BCUT2D eigenvalue weighted by atomic mass is 9.90. The van der Waals surface area contributed by atoms with Crippen molar-refractivity contribution in [3.63, 3.8) is 0 Å². The minimum atomic E-state index is 0.0877. The molecule has 0 aliphatic heterocycles. The molecule has 3 rings (SSSR count). The Balaban J connectivity index is 1.60. The maximum absolute atomic E-state index is 12.4. The number of hydrazone groups is 1. The zero-order valence-corrected chi connectivity index (χ0v) is 14.3. The van der Waals surface area contributed by atoms with Gasteiger partial charge in [0.1, 0.15) is 5.75 Å². The number of nitrogens with zero attached hydrogens (tertiary/aromatic N) is 1. The van der Waals surface area contributed by atoms with Gasteiger partial charge in [-0.2, -0.15) is 5.10 Å². The summed E-state index contributed by atoms with van der Waals surface area (Å²) in [6.07, 6.45) is 4.89. The van der Waals surface area contributed by atoms with Crippen molar-refractivity contribution in [2.75, 3.05) is 6.61 Å². The van der Waals surface area contributed by atoms with Crippen molar-refractivity contribution < 1.29 is 9.53 Å². The van der Waals surface area contributed by atoms with E-state index >= 15 is 0 Å². The SMILES string of the molecule is CCOc1ccc(/C(C)=N\NC(=O)[C@@H]2[C@@H]3CCCC[C@]23C)cc1. The Kier molecular flexibility index (Phi) is 4.42. The molecule has 1 aromatic carbocycles. The number of hydrogen-bond donors (Lipinski definition) is 1. The molecule has 3 atom stereocenters. The van der Waals surface area contributed by atoms with Crippen LogP contribution in [-0.2, 0) is 4.79 Å². The summed E-state index contributed by atoms with van der Waals surface area (Å²) in [6, 6.07) is 7.79. The zero-order valence-electron chi connectivity index (χ0n) is 14.3. The lowest BCUT2D eigenvalue weighted by molar-refractivity contribution is -0.123. The molecule has 0 saturated heterocycles. The maximum Gasteiger partial charge on any atom is 0.244 e. The molecule has 0 aromatic heterocycles. The van der Waals surface area contributed by atoms with Gasteiger partial charge in [-0.3, -0.25) is 4.79 Å². The van der Waals surface area contributed by atoms with Crippen molar-refractivity contribution in [2.45, 2.75) is 46.5 Å². The van der Waals surface area contributed by atoms with Crippen LogP contribution in [0.3, 0.4) is 0 Å². The van der Waals surface area contributed by atoms with Gasteiger partial charge in [-0.05, 0) is 67.9 Å². The second-order valence-corrected chi connectivity index (χ2v) is 6.97. The average molecular weight is 314 g/mol. The van der Waals surface area contributed by atoms with Crippen LogP contribution < -0.4 is 10.2 Å². The highest BCUT2D eigenvalue weighted by Gasteiger charge is 2.64. The molecule has 23 heavy (non-hydrogen) atoms. The molecule has 1 aromatic rings. The fraction of sp³-hybridized carbons (Fsp3) is 0.579. The average Bonchev–Trinajstić information content (AvgIpc) is 3.19. The highest BCUT2D eigenvalue weighted by atomic mass is 16.5. The van der Waals surface area contributed by atoms with Gasteiger partial charge in [0.25, 0.3) is 0 Å². The van der Waals surface area contributed by atoms with Gasteiger partial charge in [-0.15, -0.1) is 0 Å². The number of nitrogens with one attached hydrogen (secondary N) is 1. The normalized spacial score (nSPS) is 29.6. The third-order valence-electron chi connectivity index (χ3n) is 5.53. The molecule has 4 heteroatoms. The standard InChI is InChI=1S/C19H26N2O2/c1-4-23-15-10-8-14(9-11-15)13(2)20-21-18(22)17-16-7-5-6-12-19(16,17)3/h8-11,16-17H,4-7,12H2,1-3H3,(H,21,22)/b20-13-/t16-,17-,19-/m0/s1. The molecular weight excluding hydrogens is 288 g/mol. The number of amides is 1. The summed E-state index contributed by atoms with van der Waals surface area (Å²) in [5.41, 5.74) is 4.82. The van der Waals surface area contributed by atoms with Gasteiger partial charge >= 0.3 is 0 Å². The van der Waals surface area contributed by atoms with E-state index in [0.717, 1.165) is 17.0 Å². The fourth-order valence-corrected chi connectivity index (χ4v) is 4.08. The third kappa shape index (κ3) is 3.12. The molecule has 0 heterocycles. The molecule has 0 radical (unpaired) electrons. The summed E-state index contributed by atoms with van der Waals surface area (Å²) in [7, 11) is 0. The Morgan fingerprint density at radius 2 is 2.09 bits per heavy atom. The van der Waals surface area contributed by atoms with Crippen molar-refractivity contribution in [1.29, 1.82) is 0 Å². The van der Waals surface area contributed by atoms with Crippen LogP contribution >= 0.6 is 0 Å². The summed E-state index contributed by atoms with van der Waals surface area (Å²) in [4.78, 5) is 12.4. The van der Waals surface area contributed by atoms with Gasteiger partial charge in [0.2, 0.25) is 5.91 Å². The van der Waals surface area contributed by atoms with E-state index in [1.807, 2.05) is 38.1 Å². The second kappa shape index (κ2) is 6.34. The Hall–Kier alpha value is -1.84. The smallest absolute Gasteiger partial charge is 0.244 e. The van der Waals surface area contributed by atoms with Gasteiger partial charge < -0.3 is 4.74 Å². The summed E-state index contributed by atoms with van der Waals surface area (Å²) in [6.45, 7) is 6.79. The van der Waals surface area contributed by atoms with Gasteiger partial charge in [-0.25, -0.2) is 5.43 Å². The van der Waals surface area contributed by atoms with E-state index in [1.54, 1.807) is 0 Å². The first-order chi connectivity index (χ1) is 11.1. The molecule has 2 fully saturated rings. The number of carbonyl (C=O) groups excluding carboxylic acids is 1. The van der Waals surface area contributed by atoms with Crippen molar-refractivity contribution in [1.82, 2.24) is 5.43 Å². The fourth-order valence-electron chi connectivity index (χ4n) is 4.08. The van der Waals surface area contributed by atoms with Crippen LogP contribution in [0.25, 0.3) is 0 Å². The van der Waals surface area contributed by atoms with Crippen LogP contribution in [0, 0.1) is 17.3 Å². The number of carbonyl (C=O) groups is 1. The molecule has 2 saturated carbocycles. The number of benzene rings is 1. The second-order valence-electron chi connectivity index (χ2n) is 6.97. The van der Waals surface area contributed by atoms with Crippen molar-refractivity contribution in [3.8, 4) is 5.75 Å². The van der Waals surface area contributed by atoms with E-state index in [-0.39, 0.29) is 17.2 Å². The Morgan fingerprint density at radius 3 is 2.70 bits per heavy atom. The highest BCUT2D eigenvalue weighted by Crippen LogP contribution is 2.66. The van der Waals surface area contributed by atoms with Crippen LogP contribution in [0.2, 0.25) is 0 Å². The summed E-state index contributed by atoms with van der Waals surface area (Å²) in [5.74, 6) is 1.66. The summed E-state index contributed by atoms with van der Waals surface area (Å²) >= 11 is 0. The topological polar surface area (TPSA) is 50.7 Å². The van der Waals surface area contributed by atoms with E-state index in [1.165, 1.54) is 25.7 Å².